The van der Waals surface area contributed by atoms with E-state index in [0.29, 0.717) is 0 Å². The molecule has 90 valence electrons. The van der Waals surface area contributed by atoms with E-state index >= 15 is 0 Å². The van der Waals surface area contributed by atoms with Gasteiger partial charge in [-0.05, 0) is 37.8 Å². The van der Waals surface area contributed by atoms with E-state index in [-0.39, 0.29) is 0 Å². The fourth-order valence-corrected chi connectivity index (χ4v) is 1.85. The Labute approximate surface area is 101 Å². The molecule has 0 aromatic carbocycles. The Morgan fingerprint density at radius 1 is 0.688 bits per heavy atom. The summed E-state index contributed by atoms with van der Waals surface area (Å²) >= 11 is 0. The third-order valence-electron chi connectivity index (χ3n) is 2.63. The molecule has 2 rings (SSSR count). The topological polar surface area (TPSA) is 0 Å². The van der Waals surface area contributed by atoms with Gasteiger partial charge in [0.2, 0.25) is 0 Å². The van der Waals surface area contributed by atoms with Gasteiger partial charge < -0.3 is 0 Å². The Morgan fingerprint density at radius 2 is 1.00 bits per heavy atom. The van der Waals surface area contributed by atoms with Crippen LogP contribution in [0.25, 0.3) is 0 Å². The van der Waals surface area contributed by atoms with E-state index in [2.05, 4.69) is 38.2 Å². The summed E-state index contributed by atoms with van der Waals surface area (Å²) in [6.45, 7) is 12.4. The minimum Gasteiger partial charge on any atom is -0.0798 e. The molecule has 0 aromatic rings. The molecular weight excluding hydrogens is 192 g/mol. The first-order valence-corrected chi connectivity index (χ1v) is 6.52. The average molecular weight is 218 g/mol. The van der Waals surface area contributed by atoms with Crippen molar-refractivity contribution in [1.29, 1.82) is 0 Å². The largest absolute Gasteiger partial charge is 0.0798 e. The van der Waals surface area contributed by atoms with Gasteiger partial charge in [-0.1, -0.05) is 63.1 Å². The van der Waals surface area contributed by atoms with Gasteiger partial charge in [0.1, 0.15) is 0 Å². The van der Waals surface area contributed by atoms with Crippen LogP contribution in [0.15, 0.2) is 46.6 Å². The summed E-state index contributed by atoms with van der Waals surface area (Å²) in [5.74, 6) is 0. The summed E-state index contributed by atoms with van der Waals surface area (Å²) in [4.78, 5) is 0. The molecule has 0 nitrogen and oxygen atoms in total. The Bertz CT molecular complexity index is 288. The van der Waals surface area contributed by atoms with Crippen LogP contribution in [0.2, 0.25) is 0 Å². The van der Waals surface area contributed by atoms with E-state index < -0.39 is 0 Å². The van der Waals surface area contributed by atoms with Crippen LogP contribution in [0.3, 0.4) is 0 Å². The molecule has 0 unspecified atom stereocenters. The van der Waals surface area contributed by atoms with Gasteiger partial charge in [0, 0.05) is 0 Å². The molecule has 0 saturated heterocycles. The summed E-state index contributed by atoms with van der Waals surface area (Å²) in [5.41, 5.74) is 5.94. The van der Waals surface area contributed by atoms with Gasteiger partial charge in [-0.25, -0.2) is 0 Å². The second kappa shape index (κ2) is 8.15. The van der Waals surface area contributed by atoms with Crippen LogP contribution in [0, 0.1) is 0 Å². The zero-order valence-corrected chi connectivity index (χ0v) is 11.7. The average Bonchev–Trinajstić information content (AvgIpc) is 2.93. The minimum absolute atomic E-state index is 1.14. The molecule has 2 aliphatic rings. The van der Waals surface area contributed by atoms with Gasteiger partial charge in [0.25, 0.3) is 0 Å². The lowest BCUT2D eigenvalue weighted by Gasteiger charge is -2.03. The van der Waals surface area contributed by atoms with Crippen molar-refractivity contribution in [1.82, 2.24) is 0 Å². The molecule has 0 saturated carbocycles. The molecule has 0 N–H and O–H groups in total. The molecule has 0 atom stereocenters. The van der Waals surface area contributed by atoms with Crippen LogP contribution in [-0.4, -0.2) is 0 Å². The highest BCUT2D eigenvalue weighted by molar-refractivity contribution is 5.56. The normalized spacial score (nSPS) is 17.1. The van der Waals surface area contributed by atoms with Crippen molar-refractivity contribution < 1.29 is 0 Å². The zero-order chi connectivity index (χ0) is 12.6. The summed E-state index contributed by atoms with van der Waals surface area (Å²) in [6.07, 6.45) is 11.3. The van der Waals surface area contributed by atoms with E-state index in [0.717, 1.165) is 12.8 Å². The van der Waals surface area contributed by atoms with E-state index in [4.69, 9.17) is 0 Å². The maximum atomic E-state index is 2.25. The predicted molar refractivity (Wildman–Crippen MR) is 75.6 cm³/mol. The standard InChI is InChI=1S/C12H14.2C2H6/c1-9-5-3-7-11(9)12-8-4-6-10(12)2;2*1-2/h3-4,7-8H,5-6H2,1-2H3;2*1-2H3. The van der Waals surface area contributed by atoms with Crippen molar-refractivity contribution in [2.75, 3.05) is 0 Å². The molecular formula is C16H26. The van der Waals surface area contributed by atoms with Gasteiger partial charge in [-0.2, -0.15) is 0 Å². The van der Waals surface area contributed by atoms with Crippen molar-refractivity contribution in [2.45, 2.75) is 54.4 Å². The van der Waals surface area contributed by atoms with E-state index in [9.17, 15) is 0 Å². The smallest absolute Gasteiger partial charge is 0.0129 e. The first kappa shape index (κ1) is 15.0. The van der Waals surface area contributed by atoms with Crippen molar-refractivity contribution >= 4 is 0 Å². The van der Waals surface area contributed by atoms with Crippen molar-refractivity contribution in [3.05, 3.63) is 46.6 Å². The SMILES string of the molecule is CC.CC.CC1=C(C2=C(C)CC=C2)C=CC1. The number of hydrogen-bond donors (Lipinski definition) is 0. The molecule has 0 fully saturated rings. The molecule has 0 bridgehead atoms. The first-order valence-electron chi connectivity index (χ1n) is 6.52. The van der Waals surface area contributed by atoms with Gasteiger partial charge >= 0.3 is 0 Å². The fraction of sp³-hybridized carbons (Fsp3) is 0.500. The molecule has 0 aliphatic heterocycles. The first-order chi connectivity index (χ1) is 7.79. The third kappa shape index (κ3) is 3.52. The monoisotopic (exact) mass is 218 g/mol. The highest BCUT2D eigenvalue weighted by atomic mass is 14.2. The molecule has 0 spiro atoms. The van der Waals surface area contributed by atoms with Gasteiger partial charge in [-0.15, -0.1) is 0 Å². The molecule has 0 heterocycles. The van der Waals surface area contributed by atoms with Crippen LogP contribution >= 0.6 is 0 Å². The van der Waals surface area contributed by atoms with Crippen LogP contribution in [0.4, 0.5) is 0 Å². The van der Waals surface area contributed by atoms with Crippen LogP contribution < -0.4 is 0 Å². The summed E-state index contributed by atoms with van der Waals surface area (Å²) in [6, 6.07) is 0. The highest BCUT2D eigenvalue weighted by Gasteiger charge is 2.12. The highest BCUT2D eigenvalue weighted by Crippen LogP contribution is 2.31. The molecule has 2 aliphatic carbocycles. The van der Waals surface area contributed by atoms with Gasteiger partial charge in [-0.3, -0.25) is 0 Å². The van der Waals surface area contributed by atoms with Crippen LogP contribution in [0.5, 0.6) is 0 Å². The number of rotatable bonds is 1. The van der Waals surface area contributed by atoms with Crippen molar-refractivity contribution in [3.8, 4) is 0 Å². The molecule has 0 amide bonds. The Balaban J connectivity index is 0.000000509. The van der Waals surface area contributed by atoms with Crippen molar-refractivity contribution in [3.63, 3.8) is 0 Å². The predicted octanol–water partition coefficient (Wildman–Crippen LogP) is 5.59. The van der Waals surface area contributed by atoms with E-state index in [1.165, 1.54) is 22.3 Å². The summed E-state index contributed by atoms with van der Waals surface area (Å²) in [5, 5.41) is 0. The van der Waals surface area contributed by atoms with E-state index in [1.54, 1.807) is 0 Å². The summed E-state index contributed by atoms with van der Waals surface area (Å²) < 4.78 is 0. The molecule has 16 heavy (non-hydrogen) atoms. The van der Waals surface area contributed by atoms with Crippen molar-refractivity contribution in [2.24, 2.45) is 0 Å². The maximum absolute atomic E-state index is 2.25. The van der Waals surface area contributed by atoms with Crippen LogP contribution in [-0.2, 0) is 0 Å². The van der Waals surface area contributed by atoms with E-state index in [1.807, 2.05) is 27.7 Å². The molecule has 0 aromatic heterocycles. The number of allylic oxidation sites excluding steroid dienone is 8. The maximum Gasteiger partial charge on any atom is -0.0129 e. The molecule has 0 radical (unpaired) electrons. The fourth-order valence-electron chi connectivity index (χ4n) is 1.85. The lowest BCUT2D eigenvalue weighted by molar-refractivity contribution is 1.20. The summed E-state index contributed by atoms with van der Waals surface area (Å²) in [7, 11) is 0. The molecule has 0 heteroatoms. The lowest BCUT2D eigenvalue weighted by atomic mass is 10.0. The second-order valence-corrected chi connectivity index (χ2v) is 3.60. The lowest BCUT2D eigenvalue weighted by Crippen LogP contribution is -1.85. The minimum atomic E-state index is 1.14. The third-order valence-corrected chi connectivity index (χ3v) is 2.63. The van der Waals surface area contributed by atoms with Crippen LogP contribution in [0.1, 0.15) is 54.4 Å². The second-order valence-electron chi connectivity index (χ2n) is 3.60. The van der Waals surface area contributed by atoms with Gasteiger partial charge in [0.05, 0.1) is 0 Å². The quantitative estimate of drug-likeness (QED) is 0.538. The zero-order valence-electron chi connectivity index (χ0n) is 11.7. The Kier molecular flexibility index (Phi) is 7.62. The van der Waals surface area contributed by atoms with Gasteiger partial charge in [0.15, 0.2) is 0 Å². The Morgan fingerprint density at radius 3 is 1.19 bits per heavy atom. The number of hydrogen-bond acceptors (Lipinski definition) is 0. The Hall–Kier alpha value is -1.04.